The Labute approximate surface area is 61.7 Å². The summed E-state index contributed by atoms with van der Waals surface area (Å²) < 4.78 is -0.750. The van der Waals surface area contributed by atoms with Crippen molar-refractivity contribution >= 4 is 34.8 Å². The molecule has 0 N–H and O–H groups in total. The Morgan fingerprint density at radius 1 is 1.00 bits per heavy atom. The number of alkyl halides is 3. The van der Waals surface area contributed by atoms with Gasteiger partial charge in [0.1, 0.15) is 0 Å². The Morgan fingerprint density at radius 2 is 1.00 bits per heavy atom. The van der Waals surface area contributed by atoms with Crippen LogP contribution < -0.4 is 0 Å². The molecule has 0 atom stereocenters. The zero-order valence-electron chi connectivity index (χ0n) is 2.50. The smallest absolute Gasteiger partial charge is 2.00 e. The molecule has 6 heavy (non-hydrogen) atoms. The summed E-state index contributed by atoms with van der Waals surface area (Å²) in [5.41, 5.74) is 0. The predicted octanol–water partition coefficient (Wildman–Crippen LogP) is 1.87. The largest absolute Gasteiger partial charge is 2.00 e. The zero-order chi connectivity index (χ0) is 3.58. The van der Waals surface area contributed by atoms with E-state index >= 15 is 0 Å². The topological polar surface area (TPSA) is 28.5 Å². The van der Waals surface area contributed by atoms with Gasteiger partial charge in [0.25, 0.3) is 0 Å². The van der Waals surface area contributed by atoms with Crippen molar-refractivity contribution in [2.24, 2.45) is 0 Å². The van der Waals surface area contributed by atoms with Crippen molar-refractivity contribution < 1.29 is 22.5 Å². The molecule has 0 aromatic rings. The Bertz CT molecular complexity index is 15.5. The standard InChI is InChI=1S/CHCl3.Mn.O/c2-1(3)4;;/h1H;;/q;+2;-2. The number of hydrogen-bond donors (Lipinski definition) is 0. The van der Waals surface area contributed by atoms with E-state index in [1.165, 1.54) is 0 Å². The fourth-order valence-corrected chi connectivity index (χ4v) is 0. The summed E-state index contributed by atoms with van der Waals surface area (Å²) in [5.74, 6) is 0. The van der Waals surface area contributed by atoms with Gasteiger partial charge >= 0.3 is 17.1 Å². The first-order valence-electron chi connectivity index (χ1n) is 0.655. The average Bonchev–Trinajstić information content (AvgIpc) is 0.811. The van der Waals surface area contributed by atoms with Gasteiger partial charge in [0.05, 0.1) is 0 Å². The van der Waals surface area contributed by atoms with Gasteiger partial charge in [0.15, 0.2) is 4.30 Å². The first-order chi connectivity index (χ1) is 1.73. The third-order valence-electron chi connectivity index (χ3n) is 0. The first kappa shape index (κ1) is 15.7. The summed E-state index contributed by atoms with van der Waals surface area (Å²) in [6.07, 6.45) is 0. The van der Waals surface area contributed by atoms with E-state index in [0.717, 1.165) is 0 Å². The van der Waals surface area contributed by atoms with E-state index in [4.69, 9.17) is 34.8 Å². The van der Waals surface area contributed by atoms with E-state index in [-0.39, 0.29) is 22.5 Å². The summed E-state index contributed by atoms with van der Waals surface area (Å²) in [7, 11) is 0. The first-order valence-corrected chi connectivity index (χ1v) is 1.96. The molecule has 1 radical (unpaired) electrons. The van der Waals surface area contributed by atoms with Crippen LogP contribution in [0.3, 0.4) is 0 Å². The predicted molar refractivity (Wildman–Crippen MR) is 22.0 cm³/mol. The van der Waals surface area contributed by atoms with Crippen molar-refractivity contribution in [2.45, 2.75) is 4.30 Å². The van der Waals surface area contributed by atoms with Gasteiger partial charge in [-0.15, -0.1) is 0 Å². The van der Waals surface area contributed by atoms with Crippen LogP contribution in [0.4, 0.5) is 0 Å². The van der Waals surface area contributed by atoms with Crippen LogP contribution in [-0.4, -0.2) is 4.30 Å². The van der Waals surface area contributed by atoms with E-state index < -0.39 is 4.30 Å². The maximum atomic E-state index is 4.81. The normalized spacial score (nSPS) is 6.00. The zero-order valence-corrected chi connectivity index (χ0v) is 5.95. The second kappa shape index (κ2) is 9.60. The third kappa shape index (κ3) is 55.6. The Hall–Kier alpha value is 1.35. The molecular weight excluding hydrogens is 189 g/mol. The van der Waals surface area contributed by atoms with Gasteiger partial charge in [0, 0.05) is 0 Å². The van der Waals surface area contributed by atoms with Gasteiger partial charge in [-0.05, 0) is 0 Å². The summed E-state index contributed by atoms with van der Waals surface area (Å²) >= 11 is 14.4. The maximum absolute atomic E-state index is 4.81. The molecule has 0 aliphatic carbocycles. The minimum Gasteiger partial charge on any atom is -2.00 e. The summed E-state index contributed by atoms with van der Waals surface area (Å²) in [6, 6.07) is 0. The minimum atomic E-state index is -0.750. The van der Waals surface area contributed by atoms with Crippen LogP contribution in [0.15, 0.2) is 0 Å². The Morgan fingerprint density at radius 3 is 1.00 bits per heavy atom. The molecule has 0 spiro atoms. The third-order valence-corrected chi connectivity index (χ3v) is 0. The van der Waals surface area contributed by atoms with Gasteiger partial charge in [-0.25, -0.2) is 0 Å². The molecular formula is CHCl3MnO. The van der Waals surface area contributed by atoms with Crippen LogP contribution in [0.2, 0.25) is 0 Å². The molecule has 5 heteroatoms. The number of rotatable bonds is 0. The molecule has 0 bridgehead atoms. The fourth-order valence-electron chi connectivity index (χ4n) is 0. The van der Waals surface area contributed by atoms with Crippen molar-refractivity contribution in [3.63, 3.8) is 0 Å². The molecule has 0 amide bonds. The molecule has 0 aliphatic rings. The number of halogens is 3. The summed E-state index contributed by atoms with van der Waals surface area (Å²) in [6.45, 7) is 0. The molecule has 1 nitrogen and oxygen atoms in total. The molecule has 0 unspecified atom stereocenters. The molecule has 0 rings (SSSR count). The van der Waals surface area contributed by atoms with Crippen molar-refractivity contribution in [1.82, 2.24) is 0 Å². The van der Waals surface area contributed by atoms with E-state index in [9.17, 15) is 0 Å². The molecule has 0 saturated carbocycles. The van der Waals surface area contributed by atoms with Crippen molar-refractivity contribution in [3.8, 4) is 0 Å². The van der Waals surface area contributed by atoms with Crippen LogP contribution in [0.25, 0.3) is 0 Å². The molecule has 0 aliphatic heterocycles. The van der Waals surface area contributed by atoms with E-state index in [2.05, 4.69) is 0 Å². The Kier molecular flexibility index (Phi) is 25.1. The molecule has 0 saturated heterocycles. The van der Waals surface area contributed by atoms with E-state index in [0.29, 0.717) is 0 Å². The molecule has 39 valence electrons. The maximum Gasteiger partial charge on any atom is 2.00 e. The molecule has 0 heterocycles. The minimum absolute atomic E-state index is 0. The second-order valence-corrected chi connectivity index (χ2v) is 2.23. The molecule has 0 aromatic carbocycles. The monoisotopic (exact) mass is 189 g/mol. The Balaban J connectivity index is -0.0000000450. The van der Waals surface area contributed by atoms with Gasteiger partial charge < -0.3 is 5.48 Å². The fraction of sp³-hybridized carbons (Fsp3) is 1.00. The van der Waals surface area contributed by atoms with E-state index in [1.54, 1.807) is 0 Å². The van der Waals surface area contributed by atoms with Gasteiger partial charge in [-0.2, -0.15) is 0 Å². The number of hydrogen-bond acceptors (Lipinski definition) is 0. The van der Waals surface area contributed by atoms with Crippen LogP contribution in [0, 0.1) is 0 Å². The van der Waals surface area contributed by atoms with Crippen LogP contribution in [-0.2, 0) is 22.5 Å². The average molecular weight is 190 g/mol. The van der Waals surface area contributed by atoms with Crippen molar-refractivity contribution in [2.75, 3.05) is 0 Å². The molecule has 0 fully saturated rings. The molecule has 0 aromatic heterocycles. The van der Waals surface area contributed by atoms with Crippen molar-refractivity contribution in [3.05, 3.63) is 0 Å². The second-order valence-electron chi connectivity index (χ2n) is 0.247. The van der Waals surface area contributed by atoms with Gasteiger partial charge in [-0.1, -0.05) is 34.8 Å². The van der Waals surface area contributed by atoms with E-state index in [1.807, 2.05) is 0 Å². The SMILES string of the molecule is ClC(Cl)Cl.[Mn+2].[O-2]. The summed E-state index contributed by atoms with van der Waals surface area (Å²) in [4.78, 5) is 0. The quantitative estimate of drug-likeness (QED) is 0.412. The van der Waals surface area contributed by atoms with Crippen LogP contribution in [0.1, 0.15) is 0 Å². The van der Waals surface area contributed by atoms with Gasteiger partial charge in [-0.3, -0.25) is 0 Å². The summed E-state index contributed by atoms with van der Waals surface area (Å²) in [5, 5.41) is 0. The van der Waals surface area contributed by atoms with Crippen molar-refractivity contribution in [1.29, 1.82) is 0 Å². The van der Waals surface area contributed by atoms with Crippen LogP contribution in [0.5, 0.6) is 0 Å². The van der Waals surface area contributed by atoms with Gasteiger partial charge in [0.2, 0.25) is 0 Å². The van der Waals surface area contributed by atoms with Crippen LogP contribution >= 0.6 is 34.8 Å².